The monoisotopic (exact) mass is 553 g/mol. The van der Waals surface area contributed by atoms with Gasteiger partial charge in [0.15, 0.2) is 0 Å². The number of unbranched alkanes of at least 4 members (excludes halogenated alkanes) is 1. The summed E-state index contributed by atoms with van der Waals surface area (Å²) in [4.78, 5) is 59.7. The molecule has 0 saturated carbocycles. The van der Waals surface area contributed by atoms with Crippen LogP contribution in [0.1, 0.15) is 85.6 Å². The Morgan fingerprint density at radius 1 is 0.846 bits per heavy atom. The molecule has 0 aliphatic carbocycles. The fourth-order valence-corrected chi connectivity index (χ4v) is 3.70. The zero-order valence-corrected chi connectivity index (χ0v) is 23.3. The summed E-state index contributed by atoms with van der Waals surface area (Å²) in [6, 6.07) is 4.76. The van der Waals surface area contributed by atoms with Crippen LogP contribution < -0.4 is 11.0 Å². The van der Waals surface area contributed by atoms with Crippen molar-refractivity contribution in [2.24, 2.45) is 0 Å². The van der Waals surface area contributed by atoms with Crippen LogP contribution in [0.5, 0.6) is 0 Å². The molecule has 0 spiro atoms. The molecule has 0 aliphatic heterocycles. The SMILES string of the molecule is CCCN(CCC)C(=O)c1cc(C)cc(C(=O)NOC[C@H](O)[C@H](O)C(O)CONC(=O)CCCCC(C)=O)c1. The van der Waals surface area contributed by atoms with E-state index in [2.05, 4.69) is 11.0 Å². The molecular formula is C27H43N3O9. The number of rotatable bonds is 19. The standard InChI is InChI=1S/C27H43N3O9/c1-5-11-30(12-6-2)27(37)21-14-18(3)13-20(15-21)26(36)29-39-17-23(33)25(35)22(32)16-38-28-24(34)10-8-7-9-19(4)31/h13-15,22-23,25,32-33,35H,5-12,16-17H2,1-4H3,(H,28,34)(H,29,36)/t22?,23-,25+/m0/s1. The predicted octanol–water partition coefficient (Wildman–Crippen LogP) is 1.20. The van der Waals surface area contributed by atoms with E-state index in [4.69, 9.17) is 9.68 Å². The van der Waals surface area contributed by atoms with Gasteiger partial charge < -0.3 is 25.0 Å². The van der Waals surface area contributed by atoms with Crippen LogP contribution >= 0.6 is 0 Å². The summed E-state index contributed by atoms with van der Waals surface area (Å²) in [6.45, 7) is 7.37. The van der Waals surface area contributed by atoms with Crippen molar-refractivity contribution in [2.75, 3.05) is 26.3 Å². The lowest BCUT2D eigenvalue weighted by molar-refractivity contribution is -0.145. The van der Waals surface area contributed by atoms with Crippen LogP contribution in [0.25, 0.3) is 0 Å². The highest BCUT2D eigenvalue weighted by atomic mass is 16.7. The Kier molecular flexibility index (Phi) is 16.1. The molecule has 1 aromatic carbocycles. The van der Waals surface area contributed by atoms with Gasteiger partial charge in [-0.3, -0.25) is 24.1 Å². The quantitative estimate of drug-likeness (QED) is 0.124. The minimum Gasteiger partial charge on any atom is -0.388 e. The zero-order chi connectivity index (χ0) is 29.4. The molecule has 0 aliphatic rings. The van der Waals surface area contributed by atoms with Crippen molar-refractivity contribution in [1.82, 2.24) is 15.9 Å². The summed E-state index contributed by atoms with van der Waals surface area (Å²) in [5.41, 5.74) is 5.55. The third kappa shape index (κ3) is 13.1. The van der Waals surface area contributed by atoms with E-state index in [-0.39, 0.29) is 23.7 Å². The molecule has 220 valence electrons. The number of aliphatic hydroxyl groups is 3. The van der Waals surface area contributed by atoms with Gasteiger partial charge in [-0.25, -0.2) is 11.0 Å². The predicted molar refractivity (Wildman–Crippen MR) is 142 cm³/mol. The lowest BCUT2D eigenvalue weighted by atomic mass is 10.0. The van der Waals surface area contributed by atoms with Crippen LogP contribution in [-0.2, 0) is 19.3 Å². The molecule has 3 amide bonds. The zero-order valence-electron chi connectivity index (χ0n) is 23.3. The Morgan fingerprint density at radius 2 is 1.38 bits per heavy atom. The van der Waals surface area contributed by atoms with Crippen molar-refractivity contribution in [3.8, 4) is 0 Å². The van der Waals surface area contributed by atoms with Gasteiger partial charge in [-0.2, -0.15) is 0 Å². The number of nitrogens with one attached hydrogen (secondary N) is 2. The van der Waals surface area contributed by atoms with Crippen LogP contribution in [0.15, 0.2) is 18.2 Å². The summed E-state index contributed by atoms with van der Waals surface area (Å²) >= 11 is 0. The number of amides is 3. The molecule has 0 aromatic heterocycles. The molecular weight excluding hydrogens is 510 g/mol. The largest absolute Gasteiger partial charge is 0.388 e. The highest BCUT2D eigenvalue weighted by molar-refractivity contribution is 5.99. The summed E-state index contributed by atoms with van der Waals surface area (Å²) in [5.74, 6) is -1.22. The number of benzene rings is 1. The average Bonchev–Trinajstić information content (AvgIpc) is 2.89. The Hall–Kier alpha value is -2.90. The van der Waals surface area contributed by atoms with Crippen LogP contribution in [0, 0.1) is 6.92 Å². The van der Waals surface area contributed by atoms with Gasteiger partial charge in [-0.15, -0.1) is 0 Å². The van der Waals surface area contributed by atoms with Gasteiger partial charge >= 0.3 is 0 Å². The van der Waals surface area contributed by atoms with Crippen LogP contribution in [0.2, 0.25) is 0 Å². The third-order valence-electron chi connectivity index (χ3n) is 5.69. The molecule has 5 N–H and O–H groups in total. The van der Waals surface area contributed by atoms with Gasteiger partial charge in [0.2, 0.25) is 5.91 Å². The molecule has 1 unspecified atom stereocenters. The Bertz CT molecular complexity index is 935. The van der Waals surface area contributed by atoms with Gasteiger partial charge in [0.1, 0.15) is 37.3 Å². The third-order valence-corrected chi connectivity index (χ3v) is 5.69. The number of aryl methyl sites for hydroxylation is 1. The summed E-state index contributed by atoms with van der Waals surface area (Å²) in [7, 11) is 0. The molecule has 0 radical (unpaired) electrons. The minimum atomic E-state index is -1.69. The fourth-order valence-electron chi connectivity index (χ4n) is 3.70. The summed E-state index contributed by atoms with van der Waals surface area (Å²) in [6.07, 6.45) is -1.62. The normalized spacial score (nSPS) is 13.3. The van der Waals surface area contributed by atoms with Gasteiger partial charge in [0.05, 0.1) is 0 Å². The smallest absolute Gasteiger partial charge is 0.274 e. The summed E-state index contributed by atoms with van der Waals surface area (Å²) < 4.78 is 0. The maximum Gasteiger partial charge on any atom is 0.274 e. The second-order valence-electron chi connectivity index (χ2n) is 9.49. The number of ketones is 1. The maximum atomic E-state index is 12.9. The van der Waals surface area contributed by atoms with Crippen LogP contribution in [-0.4, -0.2) is 88.3 Å². The topological polar surface area (TPSA) is 175 Å². The van der Waals surface area contributed by atoms with Crippen molar-refractivity contribution < 1.29 is 44.2 Å². The van der Waals surface area contributed by atoms with Crippen molar-refractivity contribution >= 4 is 23.5 Å². The fraction of sp³-hybridized carbons (Fsp3) is 0.630. The maximum absolute atomic E-state index is 12.9. The molecule has 39 heavy (non-hydrogen) atoms. The average molecular weight is 554 g/mol. The highest BCUT2D eigenvalue weighted by Gasteiger charge is 2.26. The Morgan fingerprint density at radius 3 is 1.95 bits per heavy atom. The van der Waals surface area contributed by atoms with E-state index in [9.17, 15) is 34.5 Å². The van der Waals surface area contributed by atoms with E-state index < -0.39 is 43.3 Å². The van der Waals surface area contributed by atoms with Crippen LogP contribution in [0.4, 0.5) is 0 Å². The number of hydroxylamine groups is 2. The molecule has 0 fully saturated rings. The molecule has 0 saturated heterocycles. The Balaban J connectivity index is 2.50. The first-order valence-electron chi connectivity index (χ1n) is 13.3. The number of carbonyl (C=O) groups is 4. The van der Waals surface area contributed by atoms with Crippen molar-refractivity contribution in [1.29, 1.82) is 0 Å². The van der Waals surface area contributed by atoms with Crippen LogP contribution in [0.3, 0.4) is 0 Å². The van der Waals surface area contributed by atoms with E-state index in [0.717, 1.165) is 12.8 Å². The number of hydrogen-bond donors (Lipinski definition) is 5. The lowest BCUT2D eigenvalue weighted by Crippen LogP contribution is -2.44. The van der Waals surface area contributed by atoms with Crippen molar-refractivity contribution in [3.05, 3.63) is 34.9 Å². The second-order valence-corrected chi connectivity index (χ2v) is 9.49. The van der Waals surface area contributed by atoms with Gasteiger partial charge in [0.25, 0.3) is 11.8 Å². The second kappa shape index (κ2) is 18.4. The molecule has 0 bridgehead atoms. The molecule has 3 atom stereocenters. The van der Waals surface area contributed by atoms with E-state index >= 15 is 0 Å². The molecule has 12 heteroatoms. The van der Waals surface area contributed by atoms with E-state index in [0.29, 0.717) is 43.5 Å². The number of nitrogens with zero attached hydrogens (tertiary/aromatic N) is 1. The molecule has 0 heterocycles. The van der Waals surface area contributed by atoms with Gasteiger partial charge in [-0.05, 0) is 63.3 Å². The van der Waals surface area contributed by atoms with Gasteiger partial charge in [0, 0.05) is 37.1 Å². The Labute approximate surface area is 229 Å². The van der Waals surface area contributed by atoms with Crippen molar-refractivity contribution in [2.45, 2.75) is 84.5 Å². The van der Waals surface area contributed by atoms with E-state index in [1.807, 2.05) is 13.8 Å². The van der Waals surface area contributed by atoms with E-state index in [1.165, 1.54) is 13.0 Å². The summed E-state index contributed by atoms with van der Waals surface area (Å²) in [5, 5.41) is 30.2. The first-order valence-corrected chi connectivity index (χ1v) is 13.3. The minimum absolute atomic E-state index is 0.0447. The van der Waals surface area contributed by atoms with Crippen molar-refractivity contribution in [3.63, 3.8) is 0 Å². The number of Topliss-reactive ketones (excluding diaryl/α,β-unsaturated/α-hetero) is 1. The number of carbonyl (C=O) groups excluding carboxylic acids is 4. The first-order chi connectivity index (χ1) is 18.5. The number of aliphatic hydroxyl groups excluding tert-OH is 3. The van der Waals surface area contributed by atoms with E-state index in [1.54, 1.807) is 24.0 Å². The number of hydrogen-bond acceptors (Lipinski definition) is 9. The lowest BCUT2D eigenvalue weighted by Gasteiger charge is -2.23. The molecule has 1 rings (SSSR count). The molecule has 12 nitrogen and oxygen atoms in total. The molecule has 1 aromatic rings. The first kappa shape index (κ1) is 34.1. The highest BCUT2D eigenvalue weighted by Crippen LogP contribution is 2.14. The van der Waals surface area contributed by atoms with Gasteiger partial charge in [-0.1, -0.05) is 13.8 Å².